The highest BCUT2D eigenvalue weighted by Crippen LogP contribution is 2.23. The third-order valence-corrected chi connectivity index (χ3v) is 6.83. The van der Waals surface area contributed by atoms with E-state index in [0.717, 1.165) is 56.8 Å². The molecule has 0 aliphatic heterocycles. The van der Waals surface area contributed by atoms with Crippen molar-refractivity contribution in [2.24, 2.45) is 0 Å². The first-order chi connectivity index (χ1) is 17.1. The number of hydrogen-bond donors (Lipinski definition) is 0. The van der Waals surface area contributed by atoms with Crippen LogP contribution >= 0.6 is 15.9 Å². The Morgan fingerprint density at radius 2 is 1.49 bits per heavy atom. The van der Waals surface area contributed by atoms with Gasteiger partial charge in [0.15, 0.2) is 5.01 Å². The lowest BCUT2D eigenvalue weighted by Gasteiger charge is -2.13. The van der Waals surface area contributed by atoms with Crippen molar-refractivity contribution in [2.45, 2.75) is 115 Å². The highest BCUT2D eigenvalue weighted by molar-refractivity contribution is 9.09. The monoisotopic (exact) mass is 550 g/mol. The lowest BCUT2D eigenvalue weighted by Crippen LogP contribution is -2.08. The molecular formula is C29H43BrO5. The fourth-order valence-electron chi connectivity index (χ4n) is 4.10. The molecule has 2 rings (SSSR count). The third-order valence-electron chi connectivity index (χ3n) is 6.18. The van der Waals surface area contributed by atoms with Crippen LogP contribution in [0.15, 0.2) is 39.5 Å². The maximum absolute atomic E-state index is 11.8. The molecule has 0 fully saturated rings. The summed E-state index contributed by atoms with van der Waals surface area (Å²) in [6.07, 6.45) is 18.0. The molecule has 0 radical (unpaired) electrons. The summed E-state index contributed by atoms with van der Waals surface area (Å²) in [4.78, 5) is 23.2. The topological polar surface area (TPSA) is 65.7 Å². The Hall–Kier alpha value is -1.82. The smallest absolute Gasteiger partial charge is 0.336 e. The van der Waals surface area contributed by atoms with Crippen molar-refractivity contribution in [1.82, 2.24) is 0 Å². The molecule has 0 N–H and O–H groups in total. The normalized spacial score (nSPS) is 12.1. The number of carbonyl (C=O) groups is 1. The number of rotatable bonds is 20. The van der Waals surface area contributed by atoms with E-state index in [2.05, 4.69) is 22.9 Å². The maximum atomic E-state index is 11.8. The highest BCUT2D eigenvalue weighted by atomic mass is 79.9. The quantitative estimate of drug-likeness (QED) is 0.0713. The van der Waals surface area contributed by atoms with Gasteiger partial charge in [0.25, 0.3) is 0 Å². The number of carbonyl (C=O) groups excluding carboxylic acids is 1. The maximum Gasteiger partial charge on any atom is 0.336 e. The molecule has 1 aromatic carbocycles. The van der Waals surface area contributed by atoms with Gasteiger partial charge >= 0.3 is 11.6 Å². The minimum absolute atomic E-state index is 0.0415. The Morgan fingerprint density at radius 1 is 0.857 bits per heavy atom. The van der Waals surface area contributed by atoms with Gasteiger partial charge in [0.1, 0.15) is 11.3 Å². The standard InChI is InChI=1S/C29H43BrO5/c1-2-3-4-5-6-9-12-15-22-33-28(31)17-14-11-8-7-10-13-16-27(30)34-25-20-18-24-19-21-29(32)35-26(24)23-25/h18-21,23,27H,2-17,22H2,1H3. The molecule has 0 saturated carbocycles. The van der Waals surface area contributed by atoms with E-state index in [-0.39, 0.29) is 16.6 Å². The third kappa shape index (κ3) is 13.7. The van der Waals surface area contributed by atoms with Gasteiger partial charge in [-0.3, -0.25) is 4.79 Å². The first kappa shape index (κ1) is 29.4. The average molecular weight is 552 g/mol. The zero-order valence-electron chi connectivity index (χ0n) is 21.4. The van der Waals surface area contributed by atoms with Crippen LogP contribution in [0.3, 0.4) is 0 Å². The number of alkyl halides is 1. The Kier molecular flexibility index (Phi) is 15.5. The van der Waals surface area contributed by atoms with Gasteiger partial charge < -0.3 is 13.9 Å². The summed E-state index contributed by atoms with van der Waals surface area (Å²) in [5.74, 6) is 0.642. The molecule has 0 bridgehead atoms. The molecule has 1 aromatic heterocycles. The van der Waals surface area contributed by atoms with Crippen molar-refractivity contribution >= 4 is 32.9 Å². The molecule has 0 aliphatic rings. The van der Waals surface area contributed by atoms with Crippen molar-refractivity contribution in [3.05, 3.63) is 40.8 Å². The number of esters is 1. The Morgan fingerprint density at radius 3 is 2.23 bits per heavy atom. The average Bonchev–Trinajstić information content (AvgIpc) is 2.84. The summed E-state index contributed by atoms with van der Waals surface area (Å²) in [5, 5.41) is 0.797. The van der Waals surface area contributed by atoms with E-state index >= 15 is 0 Å². The molecule has 2 aromatic rings. The number of halogens is 1. The number of benzene rings is 1. The van der Waals surface area contributed by atoms with Crippen molar-refractivity contribution in [3.63, 3.8) is 0 Å². The highest BCUT2D eigenvalue weighted by Gasteiger charge is 2.08. The van der Waals surface area contributed by atoms with E-state index in [1.807, 2.05) is 12.1 Å². The molecular weight excluding hydrogens is 508 g/mol. The molecule has 35 heavy (non-hydrogen) atoms. The number of hydrogen-bond acceptors (Lipinski definition) is 5. The van der Waals surface area contributed by atoms with Crippen LogP contribution in [0.4, 0.5) is 0 Å². The van der Waals surface area contributed by atoms with Crippen LogP contribution < -0.4 is 10.4 Å². The number of ether oxygens (including phenoxy) is 2. The first-order valence-corrected chi connectivity index (χ1v) is 14.5. The SMILES string of the molecule is CCCCCCCCCCOC(=O)CCCCCCCCC(Br)Oc1ccc2ccc(=O)oc2c1. The van der Waals surface area contributed by atoms with Gasteiger partial charge in [0.05, 0.1) is 6.61 Å². The fraction of sp³-hybridized carbons (Fsp3) is 0.655. The zero-order chi connectivity index (χ0) is 25.1. The lowest BCUT2D eigenvalue weighted by atomic mass is 10.1. The number of unbranched alkanes of at least 4 members (excludes halogenated alkanes) is 12. The Balaban J connectivity index is 1.40. The van der Waals surface area contributed by atoms with Crippen molar-refractivity contribution < 1.29 is 18.7 Å². The van der Waals surface area contributed by atoms with E-state index in [1.165, 1.54) is 51.0 Å². The molecule has 196 valence electrons. The lowest BCUT2D eigenvalue weighted by molar-refractivity contribution is -0.143. The number of fused-ring (bicyclic) bond motifs is 1. The van der Waals surface area contributed by atoms with E-state index in [1.54, 1.807) is 12.1 Å². The van der Waals surface area contributed by atoms with Crippen molar-refractivity contribution in [3.8, 4) is 5.75 Å². The summed E-state index contributed by atoms with van der Waals surface area (Å²) in [7, 11) is 0. The van der Waals surface area contributed by atoms with Gasteiger partial charge in [0, 0.05) is 23.9 Å². The molecule has 1 unspecified atom stereocenters. The second-order valence-electron chi connectivity index (χ2n) is 9.34. The predicted octanol–water partition coefficient (Wildman–Crippen LogP) is 8.70. The van der Waals surface area contributed by atoms with Crippen LogP contribution in [0.1, 0.15) is 110 Å². The van der Waals surface area contributed by atoms with Crippen LogP contribution in [0.2, 0.25) is 0 Å². The van der Waals surface area contributed by atoms with Crippen LogP contribution in [-0.2, 0) is 9.53 Å². The summed E-state index contributed by atoms with van der Waals surface area (Å²) in [5.41, 5.74) is 0.174. The Labute approximate surface area is 219 Å². The molecule has 0 saturated heterocycles. The van der Waals surface area contributed by atoms with E-state index in [0.29, 0.717) is 24.4 Å². The second kappa shape index (κ2) is 18.4. The predicted molar refractivity (Wildman–Crippen MR) is 146 cm³/mol. The van der Waals surface area contributed by atoms with Crippen LogP contribution in [0.25, 0.3) is 11.0 Å². The van der Waals surface area contributed by atoms with Gasteiger partial charge in [-0.05, 0) is 59.8 Å². The molecule has 1 atom stereocenters. The van der Waals surface area contributed by atoms with Crippen molar-refractivity contribution in [2.75, 3.05) is 6.61 Å². The summed E-state index contributed by atoms with van der Waals surface area (Å²) < 4.78 is 16.5. The molecule has 1 heterocycles. The van der Waals surface area contributed by atoms with Gasteiger partial charge in [-0.1, -0.05) is 77.6 Å². The van der Waals surface area contributed by atoms with E-state index in [4.69, 9.17) is 13.9 Å². The molecule has 0 spiro atoms. The second-order valence-corrected chi connectivity index (χ2v) is 10.4. The van der Waals surface area contributed by atoms with E-state index in [9.17, 15) is 9.59 Å². The largest absolute Gasteiger partial charge is 0.479 e. The molecule has 5 nitrogen and oxygen atoms in total. The molecule has 0 aliphatic carbocycles. The van der Waals surface area contributed by atoms with E-state index < -0.39 is 0 Å². The van der Waals surface area contributed by atoms with Gasteiger partial charge in [-0.15, -0.1) is 0 Å². The van der Waals surface area contributed by atoms with Gasteiger partial charge in [-0.2, -0.15) is 0 Å². The summed E-state index contributed by atoms with van der Waals surface area (Å²) in [6, 6.07) is 8.69. The minimum atomic E-state index is -0.360. The van der Waals surface area contributed by atoms with Gasteiger partial charge in [-0.25, -0.2) is 4.79 Å². The first-order valence-electron chi connectivity index (χ1n) is 13.6. The molecule has 6 heteroatoms. The fourth-order valence-corrected chi connectivity index (χ4v) is 4.64. The van der Waals surface area contributed by atoms with Crippen LogP contribution in [0, 0.1) is 0 Å². The Bertz CT molecular complexity index is 894. The van der Waals surface area contributed by atoms with Crippen molar-refractivity contribution in [1.29, 1.82) is 0 Å². The summed E-state index contributed by atoms with van der Waals surface area (Å²) >= 11 is 3.58. The zero-order valence-corrected chi connectivity index (χ0v) is 23.0. The molecule has 0 amide bonds. The minimum Gasteiger partial charge on any atom is -0.479 e. The van der Waals surface area contributed by atoms with Crippen LogP contribution in [0.5, 0.6) is 5.75 Å². The van der Waals surface area contributed by atoms with Gasteiger partial charge in [0.2, 0.25) is 0 Å². The van der Waals surface area contributed by atoms with Crippen LogP contribution in [-0.4, -0.2) is 17.6 Å². The summed E-state index contributed by atoms with van der Waals surface area (Å²) in [6.45, 7) is 2.82.